The topological polar surface area (TPSA) is 38.5 Å². The molecule has 0 radical (unpaired) electrons. The third-order valence-corrected chi connectivity index (χ3v) is 3.93. The molecule has 1 aromatic rings. The van der Waals surface area contributed by atoms with Crippen molar-refractivity contribution < 1.29 is 9.13 Å². The van der Waals surface area contributed by atoms with Gasteiger partial charge in [-0.05, 0) is 50.9 Å². The Morgan fingerprint density at radius 1 is 1.45 bits per heavy atom. The Morgan fingerprint density at radius 3 is 2.85 bits per heavy atom. The van der Waals surface area contributed by atoms with E-state index < -0.39 is 0 Å². The largest absolute Gasteiger partial charge is 0.377 e. The van der Waals surface area contributed by atoms with E-state index >= 15 is 0 Å². The number of hydrogen-bond donors (Lipinski definition) is 1. The second-order valence-electron chi connectivity index (χ2n) is 5.79. The lowest BCUT2D eigenvalue weighted by Crippen LogP contribution is -2.42. The third kappa shape index (κ3) is 4.01. The van der Waals surface area contributed by atoms with Crippen molar-refractivity contribution in [3.8, 4) is 0 Å². The Hall–Kier alpha value is -0.970. The van der Waals surface area contributed by atoms with E-state index in [4.69, 9.17) is 10.5 Å². The zero-order chi connectivity index (χ0) is 14.5. The Labute approximate surface area is 120 Å². The minimum Gasteiger partial charge on any atom is -0.377 e. The van der Waals surface area contributed by atoms with E-state index in [1.807, 2.05) is 20.0 Å². The third-order valence-electron chi connectivity index (χ3n) is 3.93. The van der Waals surface area contributed by atoms with Crippen LogP contribution in [0.1, 0.15) is 37.8 Å². The predicted molar refractivity (Wildman–Crippen MR) is 79.0 cm³/mol. The van der Waals surface area contributed by atoms with Crippen molar-refractivity contribution in [1.82, 2.24) is 4.90 Å². The van der Waals surface area contributed by atoms with Crippen LogP contribution in [0, 0.1) is 5.82 Å². The molecule has 4 heteroatoms. The summed E-state index contributed by atoms with van der Waals surface area (Å²) >= 11 is 0. The molecule has 3 atom stereocenters. The van der Waals surface area contributed by atoms with Gasteiger partial charge in [0.05, 0.1) is 6.10 Å². The van der Waals surface area contributed by atoms with Crippen molar-refractivity contribution in [3.05, 3.63) is 35.6 Å². The summed E-state index contributed by atoms with van der Waals surface area (Å²) in [6, 6.07) is 6.67. The summed E-state index contributed by atoms with van der Waals surface area (Å²) in [6.45, 7) is 3.65. The van der Waals surface area contributed by atoms with Crippen LogP contribution >= 0.6 is 0 Å². The van der Waals surface area contributed by atoms with Gasteiger partial charge < -0.3 is 10.5 Å². The average Bonchev–Trinajstić information content (AvgIpc) is 2.39. The molecular weight excluding hydrogens is 255 g/mol. The molecule has 1 fully saturated rings. The molecule has 0 saturated carbocycles. The van der Waals surface area contributed by atoms with Crippen molar-refractivity contribution in [3.63, 3.8) is 0 Å². The quantitative estimate of drug-likeness (QED) is 0.901. The lowest BCUT2D eigenvalue weighted by molar-refractivity contribution is -0.00987. The number of benzene rings is 1. The van der Waals surface area contributed by atoms with Gasteiger partial charge in [-0.2, -0.15) is 0 Å². The number of nitrogens with two attached hydrogens (primary N) is 1. The van der Waals surface area contributed by atoms with E-state index in [-0.39, 0.29) is 24.0 Å². The predicted octanol–water partition coefficient (Wildman–Crippen LogP) is 2.71. The Balaban J connectivity index is 2.07. The molecule has 0 spiro atoms. The van der Waals surface area contributed by atoms with Crippen LogP contribution in [-0.2, 0) is 4.74 Å². The molecule has 20 heavy (non-hydrogen) atoms. The van der Waals surface area contributed by atoms with E-state index in [0.29, 0.717) is 0 Å². The van der Waals surface area contributed by atoms with Gasteiger partial charge in [0, 0.05) is 25.2 Å². The van der Waals surface area contributed by atoms with Crippen LogP contribution in [0.25, 0.3) is 0 Å². The van der Waals surface area contributed by atoms with E-state index in [1.54, 1.807) is 12.1 Å². The number of likely N-dealkylation sites (N-methyl/N-ethyl adjacent to an activating group) is 1. The molecule has 1 aliphatic rings. The number of halogens is 1. The fourth-order valence-corrected chi connectivity index (χ4v) is 3.04. The van der Waals surface area contributed by atoms with Crippen LogP contribution in [0.3, 0.4) is 0 Å². The van der Waals surface area contributed by atoms with Gasteiger partial charge in [0.1, 0.15) is 5.82 Å². The molecule has 1 heterocycles. The van der Waals surface area contributed by atoms with E-state index in [2.05, 4.69) is 4.90 Å². The van der Waals surface area contributed by atoms with E-state index in [1.165, 1.54) is 12.5 Å². The Morgan fingerprint density at radius 2 is 2.25 bits per heavy atom. The van der Waals surface area contributed by atoms with Crippen LogP contribution in [0.15, 0.2) is 24.3 Å². The van der Waals surface area contributed by atoms with Gasteiger partial charge in [-0.3, -0.25) is 4.90 Å². The van der Waals surface area contributed by atoms with Gasteiger partial charge in [0.15, 0.2) is 0 Å². The smallest absolute Gasteiger partial charge is 0.123 e. The SMILES string of the molecule is CC(N)C(c1cccc(F)c1)N(C)CC1CCCCO1. The van der Waals surface area contributed by atoms with Crippen LogP contribution in [0.4, 0.5) is 4.39 Å². The van der Waals surface area contributed by atoms with Crippen LogP contribution in [0.5, 0.6) is 0 Å². The van der Waals surface area contributed by atoms with Crippen molar-refractivity contribution in [1.29, 1.82) is 0 Å². The Bertz CT molecular complexity index is 419. The summed E-state index contributed by atoms with van der Waals surface area (Å²) in [5.74, 6) is -0.213. The molecule has 3 nitrogen and oxygen atoms in total. The van der Waals surface area contributed by atoms with Gasteiger partial charge >= 0.3 is 0 Å². The van der Waals surface area contributed by atoms with Gasteiger partial charge in [-0.1, -0.05) is 12.1 Å². The monoisotopic (exact) mass is 280 g/mol. The number of hydrogen-bond acceptors (Lipinski definition) is 3. The maximum atomic E-state index is 13.4. The summed E-state index contributed by atoms with van der Waals surface area (Å²) in [5, 5.41) is 0. The van der Waals surface area contributed by atoms with Crippen LogP contribution in [0.2, 0.25) is 0 Å². The minimum absolute atomic E-state index is 0.0104. The first kappa shape index (κ1) is 15.4. The fourth-order valence-electron chi connectivity index (χ4n) is 3.04. The van der Waals surface area contributed by atoms with E-state index in [0.717, 1.165) is 31.6 Å². The summed E-state index contributed by atoms with van der Waals surface area (Å²) in [6.07, 6.45) is 3.74. The van der Waals surface area contributed by atoms with Gasteiger partial charge in [0.25, 0.3) is 0 Å². The highest BCUT2D eigenvalue weighted by molar-refractivity contribution is 5.21. The van der Waals surface area contributed by atoms with E-state index in [9.17, 15) is 4.39 Å². The highest BCUT2D eigenvalue weighted by atomic mass is 19.1. The first-order chi connectivity index (χ1) is 9.58. The molecule has 0 aromatic heterocycles. The highest BCUT2D eigenvalue weighted by Crippen LogP contribution is 2.25. The summed E-state index contributed by atoms with van der Waals surface area (Å²) in [4.78, 5) is 2.19. The van der Waals surface area contributed by atoms with Gasteiger partial charge in [0.2, 0.25) is 0 Å². The molecular formula is C16H25FN2O. The molecule has 1 aromatic carbocycles. The van der Waals surface area contributed by atoms with Crippen molar-refractivity contribution in [2.75, 3.05) is 20.2 Å². The highest BCUT2D eigenvalue weighted by Gasteiger charge is 2.25. The maximum Gasteiger partial charge on any atom is 0.123 e. The molecule has 112 valence electrons. The number of nitrogens with zero attached hydrogens (tertiary/aromatic N) is 1. The number of ether oxygens (including phenoxy) is 1. The molecule has 0 aliphatic carbocycles. The molecule has 2 N–H and O–H groups in total. The van der Waals surface area contributed by atoms with Crippen molar-refractivity contribution >= 4 is 0 Å². The summed E-state index contributed by atoms with van der Waals surface area (Å²) in [7, 11) is 2.04. The fraction of sp³-hybridized carbons (Fsp3) is 0.625. The molecule has 2 rings (SSSR count). The first-order valence-electron chi connectivity index (χ1n) is 7.41. The molecule has 3 unspecified atom stereocenters. The van der Waals surface area contributed by atoms with Crippen molar-refractivity contribution in [2.45, 2.75) is 44.4 Å². The minimum atomic E-state index is -0.213. The summed E-state index contributed by atoms with van der Waals surface area (Å²) in [5.41, 5.74) is 7.05. The lowest BCUT2D eigenvalue weighted by atomic mass is 9.98. The zero-order valence-electron chi connectivity index (χ0n) is 12.4. The molecule has 1 saturated heterocycles. The van der Waals surface area contributed by atoms with Gasteiger partial charge in [-0.15, -0.1) is 0 Å². The average molecular weight is 280 g/mol. The van der Waals surface area contributed by atoms with Gasteiger partial charge in [-0.25, -0.2) is 4.39 Å². The maximum absolute atomic E-state index is 13.4. The van der Waals surface area contributed by atoms with Crippen LogP contribution in [-0.4, -0.2) is 37.2 Å². The normalized spacial score (nSPS) is 22.8. The van der Waals surface area contributed by atoms with Crippen molar-refractivity contribution in [2.24, 2.45) is 5.73 Å². The lowest BCUT2D eigenvalue weighted by Gasteiger charge is -2.35. The molecule has 1 aliphatic heterocycles. The first-order valence-corrected chi connectivity index (χ1v) is 7.41. The second kappa shape index (κ2) is 7.16. The second-order valence-corrected chi connectivity index (χ2v) is 5.79. The molecule has 0 amide bonds. The Kier molecular flexibility index (Phi) is 5.52. The zero-order valence-corrected chi connectivity index (χ0v) is 12.4. The number of rotatable bonds is 5. The summed E-state index contributed by atoms with van der Waals surface area (Å²) < 4.78 is 19.2. The molecule has 0 bridgehead atoms. The standard InChI is InChI=1S/C16H25FN2O/c1-12(18)16(13-6-5-7-14(17)10-13)19(2)11-15-8-3-4-9-20-15/h5-7,10,12,15-16H,3-4,8-9,11,18H2,1-2H3. The van der Waals surface area contributed by atoms with Crippen LogP contribution < -0.4 is 5.73 Å².